The van der Waals surface area contributed by atoms with Crippen molar-refractivity contribution in [3.63, 3.8) is 0 Å². The summed E-state index contributed by atoms with van der Waals surface area (Å²) in [6.07, 6.45) is 1.75. The Bertz CT molecular complexity index is 212. The van der Waals surface area contributed by atoms with Crippen LogP contribution in [0.5, 0.6) is 0 Å². The maximum absolute atomic E-state index is 8.20. The first-order chi connectivity index (χ1) is 5.35. The smallest absolute Gasteiger partial charge is 0.183 e. The van der Waals surface area contributed by atoms with Gasteiger partial charge in [-0.3, -0.25) is 10.3 Å². The van der Waals surface area contributed by atoms with Crippen LogP contribution in [-0.2, 0) is 0 Å². The molecular formula is C5H6N4S2. The molecule has 6 heteroatoms. The lowest BCUT2D eigenvalue weighted by Crippen LogP contribution is -2.13. The van der Waals surface area contributed by atoms with Gasteiger partial charge in [0.25, 0.3) is 0 Å². The normalized spacial score (nSPS) is 9.91. The van der Waals surface area contributed by atoms with Gasteiger partial charge in [-0.25, -0.2) is 0 Å². The van der Waals surface area contributed by atoms with Crippen LogP contribution < -0.4 is 5.32 Å². The third kappa shape index (κ3) is 5.59. The van der Waals surface area contributed by atoms with Gasteiger partial charge in [0.05, 0.1) is 5.08 Å². The second-order valence-electron chi connectivity index (χ2n) is 1.26. The standard InChI is InChI=1S/C5H6N4S2/c1-8-5(9-2-6)11-4-10-3-7/h4H2,1H3,(H,8,9). The van der Waals surface area contributed by atoms with E-state index in [-0.39, 0.29) is 0 Å². The van der Waals surface area contributed by atoms with E-state index >= 15 is 0 Å². The van der Waals surface area contributed by atoms with Gasteiger partial charge in [0.1, 0.15) is 5.40 Å². The largest absolute Gasteiger partial charge is 0.272 e. The third-order valence-corrected chi connectivity index (χ3v) is 2.32. The van der Waals surface area contributed by atoms with E-state index in [4.69, 9.17) is 10.5 Å². The average Bonchev–Trinajstić information content (AvgIpc) is 2.03. The van der Waals surface area contributed by atoms with Crippen LogP contribution in [-0.4, -0.2) is 17.3 Å². The molecule has 11 heavy (non-hydrogen) atoms. The van der Waals surface area contributed by atoms with Crippen molar-refractivity contribution in [2.24, 2.45) is 4.99 Å². The second kappa shape index (κ2) is 7.26. The lowest BCUT2D eigenvalue weighted by Gasteiger charge is -1.97. The van der Waals surface area contributed by atoms with Crippen LogP contribution in [0.4, 0.5) is 0 Å². The molecule has 0 unspecified atom stereocenters. The van der Waals surface area contributed by atoms with E-state index in [0.29, 0.717) is 10.3 Å². The predicted octanol–water partition coefficient (Wildman–Crippen LogP) is 0.948. The molecule has 0 rings (SSSR count). The zero-order chi connectivity index (χ0) is 8.53. The van der Waals surface area contributed by atoms with Gasteiger partial charge in [0.2, 0.25) is 0 Å². The third-order valence-electron chi connectivity index (χ3n) is 0.685. The Kier molecular flexibility index (Phi) is 6.70. The number of aliphatic imine (C=N–C) groups is 1. The number of thioether (sulfide) groups is 2. The molecule has 0 amide bonds. The summed E-state index contributed by atoms with van der Waals surface area (Å²) in [5, 5.41) is 21.8. The fourth-order valence-corrected chi connectivity index (χ4v) is 1.46. The van der Waals surface area contributed by atoms with E-state index in [1.165, 1.54) is 11.8 Å². The Hall–Kier alpha value is -0.850. The summed E-state index contributed by atoms with van der Waals surface area (Å²) in [6, 6.07) is 0. The molecule has 0 saturated carbocycles. The van der Waals surface area contributed by atoms with Crippen LogP contribution >= 0.6 is 23.5 Å². The van der Waals surface area contributed by atoms with E-state index < -0.39 is 0 Å². The van der Waals surface area contributed by atoms with Crippen LogP contribution in [0.2, 0.25) is 0 Å². The topological polar surface area (TPSA) is 72.0 Å². The highest BCUT2D eigenvalue weighted by Gasteiger charge is 1.95. The fraction of sp³-hybridized carbons (Fsp3) is 0.400. The molecule has 4 nitrogen and oxygen atoms in total. The summed E-state index contributed by atoms with van der Waals surface area (Å²) >= 11 is 2.44. The summed E-state index contributed by atoms with van der Waals surface area (Å²) in [6.45, 7) is 0. The highest BCUT2D eigenvalue weighted by Crippen LogP contribution is 2.10. The van der Waals surface area contributed by atoms with Gasteiger partial charge in [-0.2, -0.15) is 10.5 Å². The Morgan fingerprint density at radius 2 is 2.36 bits per heavy atom. The quantitative estimate of drug-likeness (QED) is 0.173. The van der Waals surface area contributed by atoms with Crippen LogP contribution in [0.3, 0.4) is 0 Å². The molecule has 0 aromatic rings. The molecule has 0 aliphatic rings. The summed E-state index contributed by atoms with van der Waals surface area (Å²) in [7, 11) is 1.59. The van der Waals surface area contributed by atoms with Crippen molar-refractivity contribution < 1.29 is 0 Å². The molecule has 0 radical (unpaired) electrons. The first-order valence-electron chi connectivity index (χ1n) is 2.60. The van der Waals surface area contributed by atoms with Crippen LogP contribution in [0.1, 0.15) is 0 Å². The summed E-state index contributed by atoms with van der Waals surface area (Å²) < 4.78 is 0. The number of rotatable bonds is 2. The highest BCUT2D eigenvalue weighted by molar-refractivity contribution is 8.25. The fourth-order valence-electron chi connectivity index (χ4n) is 0.316. The summed E-state index contributed by atoms with van der Waals surface area (Å²) in [5.41, 5.74) is 0. The number of nitrogens with one attached hydrogen (secondary N) is 1. The van der Waals surface area contributed by atoms with Crippen molar-refractivity contribution in [3.8, 4) is 11.6 Å². The summed E-state index contributed by atoms with van der Waals surface area (Å²) in [5.74, 6) is 0. The monoisotopic (exact) mass is 186 g/mol. The van der Waals surface area contributed by atoms with E-state index in [1.807, 2.05) is 5.40 Å². The van der Waals surface area contributed by atoms with E-state index in [2.05, 4.69) is 10.3 Å². The molecule has 0 bridgehead atoms. The molecule has 0 heterocycles. The SMILES string of the molecule is CN=C(NC#N)SCSC#N. The molecule has 0 atom stereocenters. The number of hydrogen-bond donors (Lipinski definition) is 1. The molecule has 1 N–H and O–H groups in total. The van der Waals surface area contributed by atoms with Crippen molar-refractivity contribution in [1.82, 2.24) is 5.32 Å². The van der Waals surface area contributed by atoms with Crippen LogP contribution in [0, 0.1) is 22.1 Å². The van der Waals surface area contributed by atoms with Crippen molar-refractivity contribution in [3.05, 3.63) is 0 Å². The molecule has 0 aliphatic heterocycles. The van der Waals surface area contributed by atoms with Crippen molar-refractivity contribution in [1.29, 1.82) is 10.5 Å². The van der Waals surface area contributed by atoms with Crippen molar-refractivity contribution in [2.45, 2.75) is 0 Å². The minimum absolute atomic E-state index is 0.537. The predicted molar refractivity (Wildman–Crippen MR) is 47.8 cm³/mol. The van der Waals surface area contributed by atoms with E-state index in [0.717, 1.165) is 11.8 Å². The van der Waals surface area contributed by atoms with Gasteiger partial charge in [0.15, 0.2) is 11.4 Å². The molecule has 0 aliphatic carbocycles. The van der Waals surface area contributed by atoms with Gasteiger partial charge < -0.3 is 0 Å². The Labute approximate surface area is 73.7 Å². The molecule has 0 fully saturated rings. The van der Waals surface area contributed by atoms with Gasteiger partial charge in [-0.1, -0.05) is 11.8 Å². The van der Waals surface area contributed by atoms with Gasteiger partial charge >= 0.3 is 0 Å². The first-order valence-corrected chi connectivity index (χ1v) is 4.57. The summed E-state index contributed by atoms with van der Waals surface area (Å²) in [4.78, 5) is 3.77. The van der Waals surface area contributed by atoms with E-state index in [9.17, 15) is 0 Å². The lowest BCUT2D eigenvalue weighted by atomic mass is 11.1. The number of nitrogens with zero attached hydrogens (tertiary/aromatic N) is 3. The zero-order valence-corrected chi connectivity index (χ0v) is 7.50. The minimum atomic E-state index is 0.537. The molecule has 0 spiro atoms. The maximum atomic E-state index is 8.20. The lowest BCUT2D eigenvalue weighted by molar-refractivity contribution is 1.26. The second-order valence-corrected chi connectivity index (χ2v) is 3.35. The highest BCUT2D eigenvalue weighted by atomic mass is 32.2. The first kappa shape index (κ1) is 10.2. The number of thiocyanates is 1. The Balaban J connectivity index is 3.58. The minimum Gasteiger partial charge on any atom is -0.272 e. The van der Waals surface area contributed by atoms with Gasteiger partial charge in [-0.15, -0.1) is 0 Å². The molecular weight excluding hydrogens is 180 g/mol. The van der Waals surface area contributed by atoms with E-state index in [1.54, 1.807) is 13.2 Å². The van der Waals surface area contributed by atoms with Crippen molar-refractivity contribution in [2.75, 3.05) is 12.1 Å². The molecule has 0 saturated heterocycles. The van der Waals surface area contributed by atoms with Gasteiger partial charge in [0, 0.05) is 7.05 Å². The zero-order valence-electron chi connectivity index (χ0n) is 5.87. The molecule has 0 aromatic heterocycles. The van der Waals surface area contributed by atoms with Gasteiger partial charge in [-0.05, 0) is 11.8 Å². The average molecular weight is 186 g/mol. The van der Waals surface area contributed by atoms with Crippen LogP contribution in [0.25, 0.3) is 0 Å². The Morgan fingerprint density at radius 3 is 2.82 bits per heavy atom. The maximum Gasteiger partial charge on any atom is 0.183 e. The van der Waals surface area contributed by atoms with Crippen molar-refractivity contribution >= 4 is 28.7 Å². The number of nitriles is 2. The molecule has 58 valence electrons. The Morgan fingerprint density at radius 1 is 1.64 bits per heavy atom. The number of amidine groups is 1. The number of hydrogen-bond acceptors (Lipinski definition) is 5. The molecule has 0 aromatic carbocycles. The van der Waals surface area contributed by atoms with Crippen LogP contribution in [0.15, 0.2) is 4.99 Å².